The molecule has 1 atom stereocenters. The van der Waals surface area contributed by atoms with E-state index < -0.39 is 17.7 Å². The Bertz CT molecular complexity index is 416. The molecule has 1 aromatic rings. The number of carboxylic acids is 1. The van der Waals surface area contributed by atoms with Crippen molar-refractivity contribution < 1.29 is 14.3 Å². The van der Waals surface area contributed by atoms with Gasteiger partial charge in [-0.2, -0.15) is 0 Å². The molecule has 1 N–H and O–H groups in total. The Balaban J connectivity index is 3.30. The maximum atomic E-state index is 13.7. The van der Waals surface area contributed by atoms with Crippen LogP contribution < -0.4 is 0 Å². The summed E-state index contributed by atoms with van der Waals surface area (Å²) in [5, 5.41) is 9.10. The Morgan fingerprint density at radius 1 is 1.44 bits per heavy atom. The van der Waals surface area contributed by atoms with Gasteiger partial charge < -0.3 is 5.11 Å². The first kappa shape index (κ1) is 13.2. The second-order valence-corrected chi connectivity index (χ2v) is 5.04. The minimum absolute atomic E-state index is 0.146. The van der Waals surface area contributed by atoms with Crippen LogP contribution in [0.2, 0.25) is 0 Å². The third kappa shape index (κ3) is 2.61. The van der Waals surface area contributed by atoms with Crippen LogP contribution >= 0.6 is 15.9 Å². The number of benzene rings is 1. The van der Waals surface area contributed by atoms with Crippen molar-refractivity contribution in [2.75, 3.05) is 0 Å². The molecule has 0 bridgehead atoms. The van der Waals surface area contributed by atoms with E-state index in [4.69, 9.17) is 5.11 Å². The van der Waals surface area contributed by atoms with Gasteiger partial charge in [0, 0.05) is 10.0 Å². The minimum atomic E-state index is -0.990. The number of carboxylic acid groups (broad SMARTS) is 1. The van der Waals surface area contributed by atoms with Crippen LogP contribution in [0.25, 0.3) is 0 Å². The van der Waals surface area contributed by atoms with Gasteiger partial charge in [-0.05, 0) is 24.5 Å². The summed E-state index contributed by atoms with van der Waals surface area (Å²) in [6.07, 6.45) is 0. The maximum absolute atomic E-state index is 13.7. The molecule has 1 unspecified atom stereocenters. The van der Waals surface area contributed by atoms with Gasteiger partial charge in [-0.3, -0.25) is 4.79 Å². The molecule has 4 heteroatoms. The summed E-state index contributed by atoms with van der Waals surface area (Å²) < 4.78 is 14.4. The highest BCUT2D eigenvalue weighted by Crippen LogP contribution is 2.30. The van der Waals surface area contributed by atoms with Crippen LogP contribution in [-0.4, -0.2) is 11.1 Å². The van der Waals surface area contributed by atoms with Crippen molar-refractivity contribution in [3.8, 4) is 0 Å². The molecule has 0 aliphatic heterocycles. The number of halogens is 2. The molecule has 0 amide bonds. The van der Waals surface area contributed by atoms with Gasteiger partial charge >= 0.3 is 5.97 Å². The standard InChI is InChI=1S/C12H14BrFO2/c1-6(2)11(12(15)16)8-4-7(3)9(13)5-10(8)14/h4-6,11H,1-3H3,(H,15,16). The normalized spacial score (nSPS) is 12.9. The highest BCUT2D eigenvalue weighted by molar-refractivity contribution is 9.10. The number of hydrogen-bond acceptors (Lipinski definition) is 1. The molecule has 1 rings (SSSR count). The van der Waals surface area contributed by atoms with Gasteiger partial charge in [0.15, 0.2) is 0 Å². The lowest BCUT2D eigenvalue weighted by molar-refractivity contribution is -0.139. The van der Waals surface area contributed by atoms with E-state index in [2.05, 4.69) is 15.9 Å². The fourth-order valence-corrected chi connectivity index (χ4v) is 2.01. The van der Waals surface area contributed by atoms with Crippen molar-refractivity contribution >= 4 is 21.9 Å². The van der Waals surface area contributed by atoms with Gasteiger partial charge in [-0.25, -0.2) is 4.39 Å². The Kier molecular flexibility index (Phi) is 4.08. The molecule has 1 aromatic carbocycles. The SMILES string of the molecule is Cc1cc(C(C(=O)O)C(C)C)c(F)cc1Br. The third-order valence-corrected chi connectivity index (χ3v) is 3.40. The van der Waals surface area contributed by atoms with Gasteiger partial charge in [0.25, 0.3) is 0 Å². The van der Waals surface area contributed by atoms with Gasteiger partial charge in [-0.1, -0.05) is 35.8 Å². The predicted octanol–water partition coefficient (Wildman–Crippen LogP) is 3.72. The molecule has 2 nitrogen and oxygen atoms in total. The second kappa shape index (κ2) is 4.95. The van der Waals surface area contributed by atoms with Crippen molar-refractivity contribution in [1.29, 1.82) is 0 Å². The zero-order chi connectivity index (χ0) is 12.5. The molecule has 0 fully saturated rings. The Labute approximate surface area is 103 Å². The van der Waals surface area contributed by atoms with Gasteiger partial charge in [0.05, 0.1) is 5.92 Å². The predicted molar refractivity (Wildman–Crippen MR) is 64.1 cm³/mol. The number of aliphatic carboxylic acids is 1. The van der Waals surface area contributed by atoms with E-state index in [0.717, 1.165) is 5.56 Å². The lowest BCUT2D eigenvalue weighted by Crippen LogP contribution is -2.19. The van der Waals surface area contributed by atoms with E-state index in [0.29, 0.717) is 4.47 Å². The molecule has 0 aromatic heterocycles. The zero-order valence-electron chi connectivity index (χ0n) is 9.42. The van der Waals surface area contributed by atoms with Crippen LogP contribution in [0.5, 0.6) is 0 Å². The highest BCUT2D eigenvalue weighted by Gasteiger charge is 2.26. The van der Waals surface area contributed by atoms with E-state index in [-0.39, 0.29) is 11.5 Å². The average molecular weight is 289 g/mol. The summed E-state index contributed by atoms with van der Waals surface area (Å²) in [5.74, 6) is -2.41. The number of aryl methyl sites for hydroxylation is 1. The number of hydrogen-bond donors (Lipinski definition) is 1. The maximum Gasteiger partial charge on any atom is 0.311 e. The van der Waals surface area contributed by atoms with Crippen LogP contribution in [-0.2, 0) is 4.79 Å². The smallest absolute Gasteiger partial charge is 0.311 e. The first-order chi connectivity index (χ1) is 7.34. The lowest BCUT2D eigenvalue weighted by atomic mass is 9.87. The molecule has 0 saturated carbocycles. The van der Waals surface area contributed by atoms with Gasteiger partial charge in [-0.15, -0.1) is 0 Å². The van der Waals surface area contributed by atoms with Crippen LogP contribution in [0, 0.1) is 18.7 Å². The van der Waals surface area contributed by atoms with Crippen molar-refractivity contribution in [3.05, 3.63) is 33.5 Å². The monoisotopic (exact) mass is 288 g/mol. The van der Waals surface area contributed by atoms with Crippen LogP contribution in [0.1, 0.15) is 30.9 Å². The first-order valence-electron chi connectivity index (χ1n) is 5.03. The molecule has 0 heterocycles. The van der Waals surface area contributed by atoms with E-state index in [9.17, 15) is 9.18 Å². The van der Waals surface area contributed by atoms with Crippen LogP contribution in [0.4, 0.5) is 4.39 Å². The number of rotatable bonds is 3. The van der Waals surface area contributed by atoms with E-state index in [1.807, 2.05) is 6.92 Å². The summed E-state index contributed by atoms with van der Waals surface area (Å²) >= 11 is 3.22. The molecular weight excluding hydrogens is 275 g/mol. The van der Waals surface area contributed by atoms with E-state index >= 15 is 0 Å². The third-order valence-electron chi connectivity index (χ3n) is 2.55. The van der Waals surface area contributed by atoms with E-state index in [1.54, 1.807) is 19.9 Å². The molecule has 0 aliphatic carbocycles. The van der Waals surface area contributed by atoms with E-state index in [1.165, 1.54) is 6.07 Å². The Hall–Kier alpha value is -0.900. The largest absolute Gasteiger partial charge is 0.481 e. The molecule has 0 aliphatic rings. The molecule has 0 radical (unpaired) electrons. The van der Waals surface area contributed by atoms with Crippen LogP contribution in [0.3, 0.4) is 0 Å². The topological polar surface area (TPSA) is 37.3 Å². The summed E-state index contributed by atoms with van der Waals surface area (Å²) in [5.41, 5.74) is 1.09. The zero-order valence-corrected chi connectivity index (χ0v) is 11.0. The van der Waals surface area contributed by atoms with Gasteiger partial charge in [0.2, 0.25) is 0 Å². The Morgan fingerprint density at radius 3 is 2.44 bits per heavy atom. The quantitative estimate of drug-likeness (QED) is 0.920. The molecular formula is C12H14BrFO2. The summed E-state index contributed by atoms with van der Waals surface area (Å²) in [4.78, 5) is 11.1. The fourth-order valence-electron chi connectivity index (χ4n) is 1.70. The summed E-state index contributed by atoms with van der Waals surface area (Å²) in [6.45, 7) is 5.36. The molecule has 16 heavy (non-hydrogen) atoms. The molecule has 88 valence electrons. The summed E-state index contributed by atoms with van der Waals surface area (Å²) in [7, 11) is 0. The number of carbonyl (C=O) groups is 1. The van der Waals surface area contributed by atoms with Gasteiger partial charge in [0.1, 0.15) is 5.82 Å². The van der Waals surface area contributed by atoms with Crippen molar-refractivity contribution in [2.24, 2.45) is 5.92 Å². The van der Waals surface area contributed by atoms with Crippen molar-refractivity contribution in [3.63, 3.8) is 0 Å². The average Bonchev–Trinajstić information content (AvgIpc) is 2.12. The van der Waals surface area contributed by atoms with Crippen LogP contribution in [0.15, 0.2) is 16.6 Å². The highest BCUT2D eigenvalue weighted by atomic mass is 79.9. The Morgan fingerprint density at radius 2 is 2.00 bits per heavy atom. The molecule has 0 saturated heterocycles. The summed E-state index contributed by atoms with van der Waals surface area (Å²) in [6, 6.07) is 2.92. The second-order valence-electron chi connectivity index (χ2n) is 4.18. The lowest BCUT2D eigenvalue weighted by Gasteiger charge is -2.18. The first-order valence-corrected chi connectivity index (χ1v) is 5.82. The minimum Gasteiger partial charge on any atom is -0.481 e. The fraction of sp³-hybridized carbons (Fsp3) is 0.417. The van der Waals surface area contributed by atoms with Crippen molar-refractivity contribution in [1.82, 2.24) is 0 Å². The molecule has 0 spiro atoms. The van der Waals surface area contributed by atoms with Crippen molar-refractivity contribution in [2.45, 2.75) is 26.7 Å².